The number of anilines is 1. The zero-order valence-corrected chi connectivity index (χ0v) is 23.0. The molecule has 3 aromatic rings. The third-order valence-corrected chi connectivity index (χ3v) is 9.48. The molecule has 1 aromatic heterocycles. The normalized spacial score (nSPS) is 17.5. The summed E-state index contributed by atoms with van der Waals surface area (Å²) in [5.74, 6) is 1.23. The van der Waals surface area contributed by atoms with Gasteiger partial charge in [-0.1, -0.05) is 46.7 Å². The highest BCUT2D eigenvalue weighted by Gasteiger charge is 2.52. The van der Waals surface area contributed by atoms with Gasteiger partial charge in [0.1, 0.15) is 0 Å². The molecule has 2 aliphatic rings. The van der Waals surface area contributed by atoms with E-state index in [1.165, 1.54) is 11.3 Å². The first-order valence-corrected chi connectivity index (χ1v) is 14.1. The largest absolute Gasteiger partial charge is 0.454 e. The number of hydrogen-bond donors (Lipinski definition) is 2. The van der Waals surface area contributed by atoms with E-state index in [1.54, 1.807) is 18.3 Å². The Bertz CT molecular complexity index is 1350. The van der Waals surface area contributed by atoms with Crippen molar-refractivity contribution < 1.29 is 18.5 Å². The minimum absolute atomic E-state index is 0.112. The van der Waals surface area contributed by atoms with E-state index in [1.807, 2.05) is 45.0 Å². The van der Waals surface area contributed by atoms with Crippen molar-refractivity contribution in [1.82, 2.24) is 9.71 Å². The third kappa shape index (κ3) is 4.99. The molecule has 1 saturated carbocycles. The molecule has 2 heterocycles. The number of ether oxygens (including phenoxy) is 2. The van der Waals surface area contributed by atoms with Gasteiger partial charge in [0.05, 0.1) is 37.2 Å². The van der Waals surface area contributed by atoms with E-state index in [4.69, 9.17) is 32.7 Å². The Hall–Kier alpha value is -2.17. The smallest absolute Gasteiger partial charge is 0.236 e. The average Bonchev–Trinajstić information content (AvgIpc) is 3.29. The SMILES string of the molecule is CC(C)(C)[S@@](=O)NC(c1ccc(Cl)c(Cl)c1)c1cnc(NC(=O)C2(c3ccc4c(c3)OCO4)CC2)s1. The van der Waals surface area contributed by atoms with Gasteiger partial charge in [-0.25, -0.2) is 13.9 Å². The number of rotatable bonds is 7. The Morgan fingerprint density at radius 1 is 1.11 bits per heavy atom. The van der Waals surface area contributed by atoms with Gasteiger partial charge in [-0.3, -0.25) is 4.79 Å². The average molecular weight is 567 g/mol. The molecular weight excluding hydrogens is 541 g/mol. The molecule has 0 spiro atoms. The molecule has 36 heavy (non-hydrogen) atoms. The van der Waals surface area contributed by atoms with E-state index >= 15 is 0 Å². The summed E-state index contributed by atoms with van der Waals surface area (Å²) >= 11 is 13.7. The first-order chi connectivity index (χ1) is 17.1. The van der Waals surface area contributed by atoms with Gasteiger partial charge in [-0.05, 0) is 69.0 Å². The quantitative estimate of drug-likeness (QED) is 0.367. The lowest BCUT2D eigenvalue weighted by molar-refractivity contribution is -0.118. The molecular formula is C25H25Cl2N3O4S2. The van der Waals surface area contributed by atoms with Crippen LogP contribution in [0, 0.1) is 0 Å². The number of carbonyl (C=O) groups is 1. The molecule has 2 N–H and O–H groups in total. The van der Waals surface area contributed by atoms with Gasteiger partial charge in [0.25, 0.3) is 0 Å². The Morgan fingerprint density at radius 3 is 2.56 bits per heavy atom. The highest BCUT2D eigenvalue weighted by Crippen LogP contribution is 2.51. The van der Waals surface area contributed by atoms with E-state index in [2.05, 4.69) is 15.0 Å². The van der Waals surface area contributed by atoms with Crippen LogP contribution in [0.15, 0.2) is 42.6 Å². The topological polar surface area (TPSA) is 89.6 Å². The number of thiazole rings is 1. The first-order valence-electron chi connectivity index (χ1n) is 11.4. The Kier molecular flexibility index (Phi) is 6.80. The molecule has 0 radical (unpaired) electrons. The molecule has 5 rings (SSSR count). The number of benzene rings is 2. The number of halogens is 2. The van der Waals surface area contributed by atoms with Crippen molar-refractivity contribution in [1.29, 1.82) is 0 Å². The van der Waals surface area contributed by atoms with Gasteiger partial charge in [0, 0.05) is 11.1 Å². The van der Waals surface area contributed by atoms with E-state index in [9.17, 15) is 9.00 Å². The molecule has 1 aliphatic carbocycles. The van der Waals surface area contributed by atoms with Crippen LogP contribution in [0.2, 0.25) is 10.0 Å². The van der Waals surface area contributed by atoms with Crippen LogP contribution in [0.5, 0.6) is 11.5 Å². The van der Waals surface area contributed by atoms with Crippen LogP contribution >= 0.6 is 34.5 Å². The van der Waals surface area contributed by atoms with Crippen LogP contribution in [-0.4, -0.2) is 26.6 Å². The van der Waals surface area contributed by atoms with Gasteiger partial charge >= 0.3 is 0 Å². The van der Waals surface area contributed by atoms with Crippen LogP contribution in [0.25, 0.3) is 0 Å². The third-order valence-electron chi connectivity index (χ3n) is 6.20. The lowest BCUT2D eigenvalue weighted by Crippen LogP contribution is -2.36. The predicted molar refractivity (Wildman–Crippen MR) is 144 cm³/mol. The number of amides is 1. The highest BCUT2D eigenvalue weighted by atomic mass is 35.5. The van der Waals surface area contributed by atoms with Gasteiger partial charge < -0.3 is 14.8 Å². The monoisotopic (exact) mass is 565 g/mol. The fraction of sp³-hybridized carbons (Fsp3) is 0.360. The molecule has 7 nitrogen and oxygen atoms in total. The van der Waals surface area contributed by atoms with Crippen LogP contribution in [-0.2, 0) is 21.2 Å². The molecule has 1 amide bonds. The summed E-state index contributed by atoms with van der Waals surface area (Å²) in [6.45, 7) is 5.87. The Labute approximate surface area is 226 Å². The van der Waals surface area contributed by atoms with Crippen molar-refractivity contribution >= 4 is 56.6 Å². The van der Waals surface area contributed by atoms with Crippen molar-refractivity contribution in [3.8, 4) is 11.5 Å². The van der Waals surface area contributed by atoms with Crippen LogP contribution in [0.3, 0.4) is 0 Å². The molecule has 11 heteroatoms. The molecule has 0 saturated heterocycles. The van der Waals surface area contributed by atoms with E-state index in [0.717, 1.165) is 28.8 Å². The van der Waals surface area contributed by atoms with Crippen LogP contribution in [0.4, 0.5) is 5.13 Å². The summed E-state index contributed by atoms with van der Waals surface area (Å²) < 4.78 is 26.6. The van der Waals surface area contributed by atoms with Crippen LogP contribution < -0.4 is 19.5 Å². The second-order valence-corrected chi connectivity index (χ2v) is 13.7. The number of aromatic nitrogens is 1. The Morgan fingerprint density at radius 2 is 1.86 bits per heavy atom. The molecule has 2 aromatic carbocycles. The minimum Gasteiger partial charge on any atom is -0.454 e. The highest BCUT2D eigenvalue weighted by molar-refractivity contribution is 7.84. The lowest BCUT2D eigenvalue weighted by Gasteiger charge is -2.24. The molecule has 1 unspecified atom stereocenters. The van der Waals surface area contributed by atoms with E-state index in [-0.39, 0.29) is 12.7 Å². The molecule has 2 atom stereocenters. The second-order valence-electron chi connectivity index (χ2n) is 9.78. The number of hydrogen-bond acceptors (Lipinski definition) is 6. The summed E-state index contributed by atoms with van der Waals surface area (Å²) in [6.07, 6.45) is 3.17. The zero-order chi connectivity index (χ0) is 25.7. The predicted octanol–water partition coefficient (Wildman–Crippen LogP) is 5.99. The van der Waals surface area contributed by atoms with Gasteiger partial charge in [-0.15, -0.1) is 0 Å². The summed E-state index contributed by atoms with van der Waals surface area (Å²) in [5, 5.41) is 4.29. The molecule has 1 fully saturated rings. The van der Waals surface area contributed by atoms with E-state index in [0.29, 0.717) is 26.7 Å². The van der Waals surface area contributed by atoms with Crippen molar-refractivity contribution in [2.45, 2.75) is 49.8 Å². The maximum atomic E-state index is 13.3. The fourth-order valence-corrected chi connectivity index (χ4v) is 6.03. The molecule has 190 valence electrons. The number of fused-ring (bicyclic) bond motifs is 1. The summed E-state index contributed by atoms with van der Waals surface area (Å²) in [4.78, 5) is 18.6. The van der Waals surface area contributed by atoms with Crippen LogP contribution in [0.1, 0.15) is 55.7 Å². The maximum absolute atomic E-state index is 13.3. The van der Waals surface area contributed by atoms with Crippen molar-refractivity contribution in [3.05, 3.63) is 68.6 Å². The second kappa shape index (κ2) is 9.61. The lowest BCUT2D eigenvalue weighted by atomic mass is 9.94. The number of carbonyl (C=O) groups excluding carboxylic acids is 1. The standard InChI is InChI=1S/C25H25Cl2N3O4S2/c1-24(2,3)36(32)30-21(14-4-6-16(26)17(27)10-14)20-12-28-23(35-20)29-22(31)25(8-9-25)15-5-7-18-19(11-15)34-13-33-18/h4-7,10-12,21,30H,8-9,13H2,1-3H3,(H,28,29,31)/t21?,36-/m1/s1. The maximum Gasteiger partial charge on any atom is 0.236 e. The molecule has 0 bridgehead atoms. The summed E-state index contributed by atoms with van der Waals surface area (Å²) in [7, 11) is -1.37. The fourth-order valence-electron chi connectivity index (χ4n) is 3.93. The Balaban J connectivity index is 1.38. The van der Waals surface area contributed by atoms with Gasteiger partial charge in [0.15, 0.2) is 16.6 Å². The minimum atomic E-state index is -1.37. The first kappa shape index (κ1) is 25.5. The zero-order valence-electron chi connectivity index (χ0n) is 19.9. The van der Waals surface area contributed by atoms with Crippen molar-refractivity contribution in [2.24, 2.45) is 0 Å². The molecule has 1 aliphatic heterocycles. The van der Waals surface area contributed by atoms with Crippen molar-refractivity contribution in [2.75, 3.05) is 12.1 Å². The number of nitrogens with one attached hydrogen (secondary N) is 2. The number of nitrogens with zero attached hydrogens (tertiary/aromatic N) is 1. The van der Waals surface area contributed by atoms with Gasteiger partial charge in [-0.2, -0.15) is 0 Å². The van der Waals surface area contributed by atoms with Crippen molar-refractivity contribution in [3.63, 3.8) is 0 Å². The summed E-state index contributed by atoms with van der Waals surface area (Å²) in [5.41, 5.74) is 1.08. The van der Waals surface area contributed by atoms with Gasteiger partial charge in [0.2, 0.25) is 12.7 Å². The summed E-state index contributed by atoms with van der Waals surface area (Å²) in [6, 6.07) is 10.5. The van der Waals surface area contributed by atoms with E-state index < -0.39 is 27.2 Å².